The zero-order valence-electron chi connectivity index (χ0n) is 10.1. The van der Waals surface area contributed by atoms with Crippen molar-refractivity contribution in [2.24, 2.45) is 0 Å². The summed E-state index contributed by atoms with van der Waals surface area (Å²) < 4.78 is 39.4. The molecule has 1 unspecified atom stereocenters. The summed E-state index contributed by atoms with van der Waals surface area (Å²) in [6.07, 6.45) is 1.55. The fraction of sp³-hybridized carbons (Fsp3) is 0.500. The first-order valence-corrected chi connectivity index (χ1v) is 7.69. The van der Waals surface area contributed by atoms with Crippen LogP contribution in [0.5, 0.6) is 0 Å². The monoisotopic (exact) mass is 291 g/mol. The molecule has 1 aromatic rings. The second-order valence-electron chi connectivity index (χ2n) is 4.51. The second-order valence-corrected chi connectivity index (χ2v) is 7.04. The molecule has 6 heteroatoms. The Labute approximate surface area is 112 Å². The summed E-state index contributed by atoms with van der Waals surface area (Å²) in [5.74, 6) is -0.543. The van der Waals surface area contributed by atoms with E-state index in [9.17, 15) is 12.8 Å². The lowest BCUT2D eigenvalue weighted by atomic mass is 10.2. The van der Waals surface area contributed by atoms with E-state index >= 15 is 0 Å². The van der Waals surface area contributed by atoms with Crippen LogP contribution in [0.25, 0.3) is 0 Å². The van der Waals surface area contributed by atoms with Gasteiger partial charge in [-0.25, -0.2) is 12.8 Å². The van der Waals surface area contributed by atoms with Crippen LogP contribution in [0.2, 0.25) is 0 Å². The Hall–Kier alpha value is -0.650. The predicted octanol–water partition coefficient (Wildman–Crippen LogP) is 2.53. The Morgan fingerprint density at radius 2 is 2.17 bits per heavy atom. The Morgan fingerprint density at radius 3 is 2.83 bits per heavy atom. The molecule has 1 aromatic carbocycles. The molecule has 1 atom stereocenters. The summed E-state index contributed by atoms with van der Waals surface area (Å²) >= 11 is 6.00. The number of benzene rings is 1. The van der Waals surface area contributed by atoms with Crippen LogP contribution in [0.1, 0.15) is 18.4 Å². The Kier molecular flexibility index (Phi) is 3.94. The third-order valence-corrected chi connectivity index (χ3v) is 5.46. The van der Waals surface area contributed by atoms with Crippen LogP contribution in [-0.4, -0.2) is 31.2 Å². The summed E-state index contributed by atoms with van der Waals surface area (Å²) in [4.78, 5) is 0.0354. The molecule has 3 nitrogen and oxygen atoms in total. The van der Waals surface area contributed by atoms with Crippen LogP contribution in [0.3, 0.4) is 0 Å². The highest BCUT2D eigenvalue weighted by Crippen LogP contribution is 2.25. The van der Waals surface area contributed by atoms with Crippen molar-refractivity contribution < 1.29 is 12.8 Å². The molecule has 0 radical (unpaired) electrons. The Morgan fingerprint density at radius 1 is 1.44 bits per heavy atom. The molecule has 1 fully saturated rings. The number of hydrogen-bond acceptors (Lipinski definition) is 2. The first-order chi connectivity index (χ1) is 8.41. The van der Waals surface area contributed by atoms with Crippen LogP contribution >= 0.6 is 11.6 Å². The van der Waals surface area contributed by atoms with E-state index in [0.29, 0.717) is 18.7 Å². The van der Waals surface area contributed by atoms with E-state index in [1.807, 2.05) is 0 Å². The average Bonchev–Trinajstić information content (AvgIpc) is 2.32. The van der Waals surface area contributed by atoms with Crippen LogP contribution in [-0.2, 0) is 10.0 Å². The van der Waals surface area contributed by atoms with Crippen molar-refractivity contribution in [1.29, 1.82) is 0 Å². The van der Waals surface area contributed by atoms with E-state index in [1.165, 1.54) is 16.4 Å². The van der Waals surface area contributed by atoms with Gasteiger partial charge >= 0.3 is 0 Å². The van der Waals surface area contributed by atoms with Crippen molar-refractivity contribution >= 4 is 21.6 Å². The largest absolute Gasteiger partial charge is 0.243 e. The maximum atomic E-state index is 13.2. The maximum Gasteiger partial charge on any atom is 0.243 e. The first kappa shape index (κ1) is 13.8. The van der Waals surface area contributed by atoms with Gasteiger partial charge < -0.3 is 0 Å². The molecule has 0 aliphatic carbocycles. The van der Waals surface area contributed by atoms with Crippen LogP contribution < -0.4 is 0 Å². The lowest BCUT2D eigenvalue weighted by molar-refractivity contribution is 0.350. The zero-order chi connectivity index (χ0) is 13.3. The highest BCUT2D eigenvalue weighted by molar-refractivity contribution is 7.89. The average molecular weight is 292 g/mol. The van der Waals surface area contributed by atoms with Crippen LogP contribution in [0, 0.1) is 12.7 Å². The molecule has 0 spiro atoms. The number of alkyl halides is 1. The van der Waals surface area contributed by atoms with Gasteiger partial charge in [0.15, 0.2) is 0 Å². The van der Waals surface area contributed by atoms with Gasteiger partial charge in [-0.2, -0.15) is 4.31 Å². The molecule has 0 saturated carbocycles. The molecule has 0 aromatic heterocycles. The van der Waals surface area contributed by atoms with Gasteiger partial charge in [-0.3, -0.25) is 0 Å². The van der Waals surface area contributed by atoms with Crippen molar-refractivity contribution in [3.05, 3.63) is 29.6 Å². The third kappa shape index (κ3) is 2.68. The lowest BCUT2D eigenvalue weighted by Gasteiger charge is -2.29. The SMILES string of the molecule is Cc1ccc(F)cc1S(=O)(=O)N1CCCC(Cl)C1. The van der Waals surface area contributed by atoms with Gasteiger partial charge in [-0.15, -0.1) is 11.6 Å². The van der Waals surface area contributed by atoms with Gasteiger partial charge in [0.05, 0.1) is 4.90 Å². The van der Waals surface area contributed by atoms with E-state index in [1.54, 1.807) is 6.92 Å². The minimum absolute atomic E-state index is 0.0354. The van der Waals surface area contributed by atoms with Crippen molar-refractivity contribution in [2.75, 3.05) is 13.1 Å². The zero-order valence-corrected chi connectivity index (χ0v) is 11.6. The number of aryl methyl sites for hydroxylation is 1. The van der Waals surface area contributed by atoms with Crippen molar-refractivity contribution in [3.8, 4) is 0 Å². The van der Waals surface area contributed by atoms with Gasteiger partial charge in [-0.05, 0) is 37.5 Å². The van der Waals surface area contributed by atoms with Crippen molar-refractivity contribution in [3.63, 3.8) is 0 Å². The van der Waals surface area contributed by atoms with E-state index < -0.39 is 15.8 Å². The summed E-state index contributed by atoms with van der Waals surface area (Å²) in [6.45, 7) is 2.40. The summed E-state index contributed by atoms with van der Waals surface area (Å²) in [6, 6.07) is 3.81. The number of nitrogens with zero attached hydrogens (tertiary/aromatic N) is 1. The maximum absolute atomic E-state index is 13.2. The van der Waals surface area contributed by atoms with Gasteiger partial charge in [0.25, 0.3) is 0 Å². The minimum atomic E-state index is -3.64. The van der Waals surface area contributed by atoms with E-state index in [4.69, 9.17) is 11.6 Å². The molecule has 0 amide bonds. The van der Waals surface area contributed by atoms with Gasteiger partial charge in [0.1, 0.15) is 5.82 Å². The molecule has 1 heterocycles. The van der Waals surface area contributed by atoms with Gasteiger partial charge in [-0.1, -0.05) is 6.07 Å². The molecular weight excluding hydrogens is 277 g/mol. The van der Waals surface area contributed by atoms with E-state index in [2.05, 4.69) is 0 Å². The van der Waals surface area contributed by atoms with Gasteiger partial charge in [0, 0.05) is 18.5 Å². The Bertz CT molecular complexity index is 547. The number of rotatable bonds is 2. The Balaban J connectivity index is 2.38. The van der Waals surface area contributed by atoms with E-state index in [-0.39, 0.29) is 10.3 Å². The minimum Gasteiger partial charge on any atom is -0.207 e. The van der Waals surface area contributed by atoms with Crippen molar-refractivity contribution in [2.45, 2.75) is 30.0 Å². The number of sulfonamides is 1. The highest BCUT2D eigenvalue weighted by atomic mass is 35.5. The number of piperidine rings is 1. The molecule has 2 rings (SSSR count). The molecule has 0 bridgehead atoms. The second kappa shape index (κ2) is 5.15. The van der Waals surface area contributed by atoms with Crippen LogP contribution in [0.4, 0.5) is 4.39 Å². The molecule has 100 valence electrons. The number of hydrogen-bond donors (Lipinski definition) is 0. The normalized spacial score (nSPS) is 22.1. The molecular formula is C12H15ClFNO2S. The van der Waals surface area contributed by atoms with Gasteiger partial charge in [0.2, 0.25) is 10.0 Å². The molecule has 1 saturated heterocycles. The fourth-order valence-corrected chi connectivity index (χ4v) is 4.26. The van der Waals surface area contributed by atoms with Crippen LogP contribution in [0.15, 0.2) is 23.1 Å². The molecule has 0 N–H and O–H groups in total. The smallest absolute Gasteiger partial charge is 0.207 e. The summed E-state index contributed by atoms with van der Waals surface area (Å²) in [7, 11) is -3.64. The first-order valence-electron chi connectivity index (χ1n) is 5.81. The molecule has 1 aliphatic rings. The predicted molar refractivity (Wildman–Crippen MR) is 68.8 cm³/mol. The molecule has 1 aliphatic heterocycles. The highest BCUT2D eigenvalue weighted by Gasteiger charge is 2.30. The topological polar surface area (TPSA) is 37.4 Å². The van der Waals surface area contributed by atoms with E-state index in [0.717, 1.165) is 18.9 Å². The standard InChI is InChI=1S/C12H15ClFNO2S/c1-9-4-5-11(14)7-12(9)18(16,17)15-6-2-3-10(13)8-15/h4-5,7,10H,2-3,6,8H2,1H3. The summed E-state index contributed by atoms with van der Waals surface area (Å²) in [5.41, 5.74) is 0.549. The third-order valence-electron chi connectivity index (χ3n) is 3.09. The van der Waals surface area contributed by atoms with Crippen molar-refractivity contribution in [1.82, 2.24) is 4.31 Å². The molecule has 18 heavy (non-hydrogen) atoms. The quantitative estimate of drug-likeness (QED) is 0.785. The summed E-state index contributed by atoms with van der Waals surface area (Å²) in [5, 5.41) is -0.164. The fourth-order valence-electron chi connectivity index (χ4n) is 2.10. The number of halogens is 2. The lowest BCUT2D eigenvalue weighted by Crippen LogP contribution is -2.40.